The molecule has 0 spiro atoms. The van der Waals surface area contributed by atoms with Crippen molar-refractivity contribution in [2.24, 2.45) is 4.99 Å². The number of nitrogens with one attached hydrogen (secondary N) is 1. The third-order valence-electron chi connectivity index (χ3n) is 6.14. The molecule has 4 nitrogen and oxygen atoms in total. The summed E-state index contributed by atoms with van der Waals surface area (Å²) in [5, 5.41) is 11.8. The maximum Gasteiger partial charge on any atom is 0.416 e. The highest BCUT2D eigenvalue weighted by molar-refractivity contribution is 9.09. The Kier molecular flexibility index (Phi) is 5.73. The Balaban J connectivity index is 1.62. The summed E-state index contributed by atoms with van der Waals surface area (Å²) < 4.78 is 39.3. The lowest BCUT2D eigenvalue weighted by Crippen LogP contribution is -2.40. The average Bonchev–Trinajstić information content (AvgIpc) is 3.15. The van der Waals surface area contributed by atoms with E-state index >= 15 is 0 Å². The van der Waals surface area contributed by atoms with Crippen molar-refractivity contribution in [3.63, 3.8) is 0 Å². The topological polar surface area (TPSA) is 47.9 Å². The van der Waals surface area contributed by atoms with E-state index in [1.54, 1.807) is 12.1 Å². The molecule has 0 amide bonds. The molecule has 0 aliphatic carbocycles. The molecule has 5 rings (SSSR count). The second-order valence-corrected chi connectivity index (χ2v) is 9.38. The van der Waals surface area contributed by atoms with E-state index in [0.717, 1.165) is 34.5 Å². The van der Waals surface area contributed by atoms with Gasteiger partial charge in [0.2, 0.25) is 0 Å². The van der Waals surface area contributed by atoms with Crippen LogP contribution in [-0.2, 0) is 6.18 Å². The van der Waals surface area contributed by atoms with Gasteiger partial charge in [-0.1, -0.05) is 58.4 Å². The molecular formula is C26H21BrF3N3O. The minimum Gasteiger partial charge on any atom is -0.508 e. The first-order valence-electron chi connectivity index (χ1n) is 10.7. The fraction of sp³-hybridized carbons (Fsp3) is 0.192. The summed E-state index contributed by atoms with van der Waals surface area (Å²) in [5.74, 6) is 0.154. The highest BCUT2D eigenvalue weighted by Crippen LogP contribution is 2.42. The lowest BCUT2D eigenvalue weighted by molar-refractivity contribution is -0.137. The maximum absolute atomic E-state index is 13.1. The summed E-state index contributed by atoms with van der Waals surface area (Å²) in [5.41, 5.74) is 7.75. The van der Waals surface area contributed by atoms with Crippen molar-refractivity contribution in [3.8, 4) is 5.75 Å². The van der Waals surface area contributed by atoms with Crippen molar-refractivity contribution in [1.82, 2.24) is 10.4 Å². The maximum atomic E-state index is 13.1. The van der Waals surface area contributed by atoms with Crippen LogP contribution in [0.25, 0.3) is 5.70 Å². The first-order valence-corrected chi connectivity index (χ1v) is 11.7. The fourth-order valence-corrected chi connectivity index (χ4v) is 5.24. The van der Waals surface area contributed by atoms with Crippen LogP contribution >= 0.6 is 15.9 Å². The predicted molar refractivity (Wildman–Crippen MR) is 129 cm³/mol. The molecule has 0 radical (unpaired) electrons. The van der Waals surface area contributed by atoms with E-state index in [2.05, 4.69) is 21.4 Å². The first-order chi connectivity index (χ1) is 16.2. The monoisotopic (exact) mass is 527 g/mol. The van der Waals surface area contributed by atoms with Gasteiger partial charge in [-0.15, -0.1) is 0 Å². The lowest BCUT2D eigenvalue weighted by atomic mass is 9.95. The third kappa shape index (κ3) is 4.01. The van der Waals surface area contributed by atoms with Crippen molar-refractivity contribution in [2.75, 3.05) is 0 Å². The van der Waals surface area contributed by atoms with Crippen LogP contribution in [0.1, 0.15) is 35.2 Å². The smallest absolute Gasteiger partial charge is 0.416 e. The zero-order valence-electron chi connectivity index (χ0n) is 18.1. The number of fused-ring (bicyclic) bond motifs is 1. The highest BCUT2D eigenvalue weighted by atomic mass is 79.9. The Labute approximate surface area is 203 Å². The number of hydrazine groups is 1. The van der Waals surface area contributed by atoms with Crippen molar-refractivity contribution in [1.29, 1.82) is 0 Å². The van der Waals surface area contributed by atoms with Crippen LogP contribution < -0.4 is 5.43 Å². The molecule has 3 aromatic carbocycles. The summed E-state index contributed by atoms with van der Waals surface area (Å²) in [6.07, 6.45) is -4.74. The number of rotatable bonds is 3. The number of hydrogen-bond acceptors (Lipinski definition) is 4. The zero-order valence-corrected chi connectivity index (χ0v) is 19.7. The van der Waals surface area contributed by atoms with Gasteiger partial charge >= 0.3 is 6.18 Å². The molecule has 3 unspecified atom stereocenters. The standard InChI is InChI=1S/C26H21BrF3N3O/c1-15-22(17-7-11-19(12-8-17)26(28,29)30)31-25-21(27)23(16-5-3-2-4-6-16)32-33(25)24(15)18-9-13-20(34)14-10-18/h2-14,21,23,25,32,34H,1H3. The number of allylic oxidation sites excluding steroid dienone is 1. The number of halogens is 4. The molecular weight excluding hydrogens is 507 g/mol. The van der Waals surface area contributed by atoms with Crippen molar-refractivity contribution in [3.05, 3.63) is 107 Å². The normalized spacial score (nSPS) is 22.6. The van der Waals surface area contributed by atoms with Crippen molar-refractivity contribution >= 4 is 27.3 Å². The van der Waals surface area contributed by atoms with E-state index in [4.69, 9.17) is 4.99 Å². The number of hydrogen-bond donors (Lipinski definition) is 2. The molecule has 34 heavy (non-hydrogen) atoms. The van der Waals surface area contributed by atoms with E-state index < -0.39 is 11.7 Å². The number of alkyl halides is 4. The molecule has 2 heterocycles. The van der Waals surface area contributed by atoms with Gasteiger partial charge in [-0.25, -0.2) is 5.43 Å². The molecule has 3 atom stereocenters. The van der Waals surface area contributed by atoms with Gasteiger partial charge in [0.1, 0.15) is 5.75 Å². The van der Waals surface area contributed by atoms with Crippen LogP contribution in [0.15, 0.2) is 89.4 Å². The lowest BCUT2D eigenvalue weighted by Gasteiger charge is -2.34. The quantitative estimate of drug-likeness (QED) is 0.393. The van der Waals surface area contributed by atoms with Crippen LogP contribution in [-0.4, -0.2) is 26.8 Å². The third-order valence-corrected chi connectivity index (χ3v) is 7.15. The zero-order chi connectivity index (χ0) is 24.0. The molecule has 3 aromatic rings. The van der Waals surface area contributed by atoms with E-state index in [-0.39, 0.29) is 22.8 Å². The van der Waals surface area contributed by atoms with Gasteiger partial charge in [-0.2, -0.15) is 13.2 Å². The van der Waals surface area contributed by atoms with E-state index in [9.17, 15) is 18.3 Å². The minimum atomic E-state index is -4.40. The van der Waals surface area contributed by atoms with Crippen LogP contribution in [0.2, 0.25) is 0 Å². The predicted octanol–water partition coefficient (Wildman–Crippen LogP) is 6.30. The summed E-state index contributed by atoms with van der Waals surface area (Å²) in [6, 6.07) is 21.9. The molecule has 174 valence electrons. The largest absolute Gasteiger partial charge is 0.508 e. The van der Waals surface area contributed by atoms with Crippen molar-refractivity contribution in [2.45, 2.75) is 30.1 Å². The Bertz CT molecular complexity index is 1260. The number of benzene rings is 3. The number of aliphatic imine (C=N–C) groups is 1. The van der Waals surface area contributed by atoms with Gasteiger partial charge in [0, 0.05) is 11.1 Å². The van der Waals surface area contributed by atoms with Gasteiger partial charge in [0.05, 0.1) is 27.8 Å². The fourth-order valence-electron chi connectivity index (χ4n) is 4.46. The molecule has 1 fully saturated rings. The second-order valence-electron chi connectivity index (χ2n) is 8.32. The molecule has 2 N–H and O–H groups in total. The van der Waals surface area contributed by atoms with Gasteiger partial charge in [-0.3, -0.25) is 10.0 Å². The summed E-state index contributed by atoms with van der Waals surface area (Å²) in [7, 11) is 0. The van der Waals surface area contributed by atoms with Crippen LogP contribution in [0, 0.1) is 0 Å². The van der Waals surface area contributed by atoms with Gasteiger partial charge < -0.3 is 5.11 Å². The average molecular weight is 528 g/mol. The van der Waals surface area contributed by atoms with Crippen molar-refractivity contribution < 1.29 is 18.3 Å². The molecule has 8 heteroatoms. The summed E-state index contributed by atoms with van der Waals surface area (Å²) >= 11 is 3.83. The number of phenolic OH excluding ortho intramolecular Hbond substituents is 1. The molecule has 0 bridgehead atoms. The number of nitrogens with zero attached hydrogens (tertiary/aromatic N) is 2. The van der Waals surface area contributed by atoms with E-state index in [1.165, 1.54) is 12.1 Å². The Morgan fingerprint density at radius 1 is 0.912 bits per heavy atom. The molecule has 0 saturated carbocycles. The SMILES string of the molecule is CC1=C(c2ccc(O)cc2)N2NC(c3ccccc3)C(Br)C2N=C1c1ccc(C(F)(F)F)cc1. The number of phenols is 1. The minimum absolute atomic E-state index is 0.0678. The van der Waals surface area contributed by atoms with Crippen LogP contribution in [0.5, 0.6) is 5.75 Å². The molecule has 1 saturated heterocycles. The molecule has 0 aromatic heterocycles. The van der Waals surface area contributed by atoms with Gasteiger partial charge in [0.25, 0.3) is 0 Å². The Hall–Kier alpha value is -3.10. The molecule has 2 aliphatic heterocycles. The summed E-state index contributed by atoms with van der Waals surface area (Å²) in [6.45, 7) is 1.91. The summed E-state index contributed by atoms with van der Waals surface area (Å²) in [4.78, 5) is 4.88. The Morgan fingerprint density at radius 2 is 1.53 bits per heavy atom. The van der Waals surface area contributed by atoms with Gasteiger partial charge in [0.15, 0.2) is 6.17 Å². The Morgan fingerprint density at radius 3 is 2.15 bits per heavy atom. The highest BCUT2D eigenvalue weighted by Gasteiger charge is 2.45. The number of aromatic hydroxyl groups is 1. The van der Waals surface area contributed by atoms with Crippen LogP contribution in [0.3, 0.4) is 0 Å². The second kappa shape index (κ2) is 8.60. The van der Waals surface area contributed by atoms with E-state index in [0.29, 0.717) is 11.3 Å². The first kappa shape index (κ1) is 22.7. The van der Waals surface area contributed by atoms with E-state index in [1.807, 2.05) is 54.4 Å². The van der Waals surface area contributed by atoms with Gasteiger partial charge in [-0.05, 0) is 54.4 Å². The molecule has 2 aliphatic rings. The van der Waals surface area contributed by atoms with Crippen LogP contribution in [0.4, 0.5) is 13.2 Å².